The predicted octanol–water partition coefficient (Wildman–Crippen LogP) is 2.61. The first-order chi connectivity index (χ1) is 6.75. The van der Waals surface area contributed by atoms with E-state index < -0.39 is 5.24 Å². The molecule has 1 heterocycles. The van der Waals surface area contributed by atoms with E-state index in [1.807, 2.05) is 24.3 Å². The molecule has 0 N–H and O–H groups in total. The van der Waals surface area contributed by atoms with Gasteiger partial charge in [-0.25, -0.2) is 4.98 Å². The summed E-state index contributed by atoms with van der Waals surface area (Å²) in [7, 11) is 0. The number of benzene rings is 1. The molecule has 0 aliphatic carbocycles. The van der Waals surface area contributed by atoms with Crippen molar-refractivity contribution in [2.45, 2.75) is 0 Å². The molecule has 0 bridgehead atoms. The van der Waals surface area contributed by atoms with Gasteiger partial charge in [0.05, 0.1) is 0 Å². The van der Waals surface area contributed by atoms with E-state index in [1.54, 1.807) is 0 Å². The molecule has 0 unspecified atom stereocenters. The highest BCUT2D eigenvalue weighted by Crippen LogP contribution is 2.15. The molecule has 0 spiro atoms. The molecule has 0 radical (unpaired) electrons. The monoisotopic (exact) mass is 207 g/mol. The summed E-state index contributed by atoms with van der Waals surface area (Å²) in [6.07, 6.45) is 2.64. The summed E-state index contributed by atoms with van der Waals surface area (Å²) >= 11 is 5.13. The largest absolute Gasteiger partial charge is 0.437 e. The Morgan fingerprint density at radius 2 is 2.21 bits per heavy atom. The topological polar surface area (TPSA) is 43.1 Å². The van der Waals surface area contributed by atoms with Crippen LogP contribution in [0.2, 0.25) is 0 Å². The molecule has 0 aliphatic rings. The van der Waals surface area contributed by atoms with Gasteiger partial charge in [-0.05, 0) is 23.7 Å². The molecule has 4 heteroatoms. The van der Waals surface area contributed by atoms with Gasteiger partial charge in [-0.2, -0.15) is 0 Å². The van der Waals surface area contributed by atoms with Crippen molar-refractivity contribution in [2.75, 3.05) is 0 Å². The van der Waals surface area contributed by atoms with Crippen LogP contribution in [-0.4, -0.2) is 10.2 Å². The van der Waals surface area contributed by atoms with Crippen molar-refractivity contribution >= 4 is 34.0 Å². The SMILES string of the molecule is O=C(Cl)/C=C/c1nc2ccccc2o1. The quantitative estimate of drug-likeness (QED) is 0.562. The minimum Gasteiger partial charge on any atom is -0.437 e. The van der Waals surface area contributed by atoms with E-state index in [-0.39, 0.29) is 0 Å². The number of rotatable bonds is 2. The van der Waals surface area contributed by atoms with Crippen LogP contribution in [0, 0.1) is 0 Å². The molecule has 14 heavy (non-hydrogen) atoms. The molecule has 1 aromatic carbocycles. The first kappa shape index (κ1) is 8.97. The normalized spacial score (nSPS) is 11.2. The third kappa shape index (κ3) is 1.83. The molecular formula is C10H6ClNO2. The van der Waals surface area contributed by atoms with Gasteiger partial charge in [-0.1, -0.05) is 12.1 Å². The average Bonchev–Trinajstić information content (AvgIpc) is 2.57. The Labute approximate surface area is 85.0 Å². The van der Waals surface area contributed by atoms with Crippen LogP contribution >= 0.6 is 11.6 Å². The lowest BCUT2D eigenvalue weighted by molar-refractivity contribution is -0.107. The van der Waals surface area contributed by atoms with Crippen LogP contribution in [0.4, 0.5) is 0 Å². The van der Waals surface area contributed by atoms with Crippen molar-refractivity contribution in [3.8, 4) is 0 Å². The minimum atomic E-state index is -0.549. The van der Waals surface area contributed by atoms with E-state index in [2.05, 4.69) is 4.98 Å². The van der Waals surface area contributed by atoms with Crippen LogP contribution in [0.15, 0.2) is 34.8 Å². The Morgan fingerprint density at radius 1 is 1.43 bits per heavy atom. The Morgan fingerprint density at radius 3 is 2.93 bits per heavy atom. The van der Waals surface area contributed by atoms with Crippen molar-refractivity contribution in [1.82, 2.24) is 4.98 Å². The molecule has 2 aromatic rings. The molecule has 1 aromatic heterocycles. The predicted molar refractivity (Wildman–Crippen MR) is 53.9 cm³/mol. The van der Waals surface area contributed by atoms with Gasteiger partial charge < -0.3 is 4.42 Å². The van der Waals surface area contributed by atoms with Crippen LogP contribution in [0.5, 0.6) is 0 Å². The second-order valence-corrected chi connectivity index (χ2v) is 3.03. The smallest absolute Gasteiger partial charge is 0.245 e. The van der Waals surface area contributed by atoms with Gasteiger partial charge in [0, 0.05) is 12.2 Å². The first-order valence-corrected chi connectivity index (χ1v) is 4.36. The van der Waals surface area contributed by atoms with E-state index in [4.69, 9.17) is 16.0 Å². The second kappa shape index (κ2) is 3.64. The standard InChI is InChI=1S/C10H6ClNO2/c11-9(13)5-6-10-12-7-3-1-2-4-8(7)14-10/h1-6H/b6-5+. The molecule has 2 rings (SSSR count). The number of allylic oxidation sites excluding steroid dienone is 1. The summed E-state index contributed by atoms with van der Waals surface area (Å²) < 4.78 is 5.31. The van der Waals surface area contributed by atoms with E-state index >= 15 is 0 Å². The minimum absolute atomic E-state index is 0.375. The summed E-state index contributed by atoms with van der Waals surface area (Å²) in [5, 5.41) is -0.549. The fourth-order valence-electron chi connectivity index (χ4n) is 1.10. The first-order valence-electron chi connectivity index (χ1n) is 3.99. The fourth-order valence-corrected chi connectivity index (χ4v) is 1.16. The van der Waals surface area contributed by atoms with Gasteiger partial charge in [0.15, 0.2) is 5.58 Å². The fraction of sp³-hybridized carbons (Fsp3) is 0. The maximum absolute atomic E-state index is 10.4. The molecule has 70 valence electrons. The Balaban J connectivity index is 2.40. The highest BCUT2D eigenvalue weighted by molar-refractivity contribution is 6.66. The molecule has 0 fully saturated rings. The zero-order valence-electron chi connectivity index (χ0n) is 7.11. The number of oxazole rings is 1. The number of aromatic nitrogens is 1. The summed E-state index contributed by atoms with van der Waals surface area (Å²) in [5.74, 6) is 0.375. The maximum Gasteiger partial charge on any atom is 0.245 e. The number of carbonyl (C=O) groups excluding carboxylic acids is 1. The molecule has 0 saturated heterocycles. The number of halogens is 1. The summed E-state index contributed by atoms with van der Waals surface area (Å²) in [4.78, 5) is 14.6. The van der Waals surface area contributed by atoms with Crippen LogP contribution in [0.3, 0.4) is 0 Å². The van der Waals surface area contributed by atoms with Gasteiger partial charge >= 0.3 is 0 Å². The number of fused-ring (bicyclic) bond motifs is 1. The number of carbonyl (C=O) groups is 1. The molecule has 0 atom stereocenters. The average molecular weight is 208 g/mol. The molecule has 0 amide bonds. The van der Waals surface area contributed by atoms with Crippen LogP contribution in [-0.2, 0) is 4.79 Å². The Bertz CT molecular complexity index is 469. The van der Waals surface area contributed by atoms with E-state index in [0.29, 0.717) is 11.5 Å². The van der Waals surface area contributed by atoms with Gasteiger partial charge in [0.2, 0.25) is 11.1 Å². The van der Waals surface area contributed by atoms with Crippen molar-refractivity contribution in [3.05, 3.63) is 36.2 Å². The molecule has 0 aliphatic heterocycles. The molecular weight excluding hydrogens is 202 g/mol. The Kier molecular flexibility index (Phi) is 2.33. The third-order valence-corrected chi connectivity index (χ3v) is 1.79. The maximum atomic E-state index is 10.4. The summed E-state index contributed by atoms with van der Waals surface area (Å²) in [6, 6.07) is 7.36. The number of hydrogen-bond acceptors (Lipinski definition) is 3. The van der Waals surface area contributed by atoms with Gasteiger partial charge in [0.1, 0.15) is 5.52 Å². The number of hydrogen-bond donors (Lipinski definition) is 0. The van der Waals surface area contributed by atoms with Crippen molar-refractivity contribution in [3.63, 3.8) is 0 Å². The lowest BCUT2D eigenvalue weighted by Gasteiger charge is -1.80. The molecule has 3 nitrogen and oxygen atoms in total. The number of para-hydroxylation sites is 2. The van der Waals surface area contributed by atoms with Crippen molar-refractivity contribution < 1.29 is 9.21 Å². The Hall–Kier alpha value is -1.61. The van der Waals surface area contributed by atoms with Gasteiger partial charge in [-0.3, -0.25) is 4.79 Å². The van der Waals surface area contributed by atoms with Crippen LogP contribution < -0.4 is 0 Å². The van der Waals surface area contributed by atoms with Crippen molar-refractivity contribution in [1.29, 1.82) is 0 Å². The zero-order valence-corrected chi connectivity index (χ0v) is 7.86. The van der Waals surface area contributed by atoms with Gasteiger partial charge in [-0.15, -0.1) is 0 Å². The number of nitrogens with zero attached hydrogens (tertiary/aromatic N) is 1. The van der Waals surface area contributed by atoms with Gasteiger partial charge in [0.25, 0.3) is 0 Å². The van der Waals surface area contributed by atoms with E-state index in [1.165, 1.54) is 12.2 Å². The summed E-state index contributed by atoms with van der Waals surface area (Å²) in [5.41, 5.74) is 1.45. The van der Waals surface area contributed by atoms with E-state index in [9.17, 15) is 4.79 Å². The lowest BCUT2D eigenvalue weighted by atomic mass is 10.3. The highest BCUT2D eigenvalue weighted by atomic mass is 35.5. The summed E-state index contributed by atoms with van der Waals surface area (Å²) in [6.45, 7) is 0. The lowest BCUT2D eigenvalue weighted by Crippen LogP contribution is -1.75. The van der Waals surface area contributed by atoms with Crippen molar-refractivity contribution in [2.24, 2.45) is 0 Å². The second-order valence-electron chi connectivity index (χ2n) is 2.66. The zero-order chi connectivity index (χ0) is 9.97. The third-order valence-electron chi connectivity index (χ3n) is 1.67. The highest BCUT2D eigenvalue weighted by Gasteiger charge is 2.00. The molecule has 0 saturated carbocycles. The van der Waals surface area contributed by atoms with Crippen LogP contribution in [0.1, 0.15) is 5.89 Å². The van der Waals surface area contributed by atoms with Crippen LogP contribution in [0.25, 0.3) is 17.2 Å². The van der Waals surface area contributed by atoms with E-state index in [0.717, 1.165) is 5.52 Å².